The number of phenols is 1. The van der Waals surface area contributed by atoms with Crippen LogP contribution < -0.4 is 30.7 Å². The molecular weight excluding hydrogens is 741 g/mol. The molecule has 0 saturated heterocycles. The summed E-state index contributed by atoms with van der Waals surface area (Å²) in [6.07, 6.45) is 5.32. The summed E-state index contributed by atoms with van der Waals surface area (Å²) >= 11 is 0. The van der Waals surface area contributed by atoms with E-state index in [0.29, 0.717) is 56.2 Å². The number of aromatic nitrogens is 1. The van der Waals surface area contributed by atoms with Crippen molar-refractivity contribution >= 4 is 43.8 Å². The molecule has 1 atom stereocenters. The van der Waals surface area contributed by atoms with Crippen molar-refractivity contribution in [1.82, 2.24) is 26.2 Å². The molecule has 14 nitrogen and oxygen atoms in total. The molecule has 15 heteroatoms. The number of nitrogens with one attached hydrogen (secondary N) is 4. The maximum atomic E-state index is 12.7. The number of carbonyl (C=O) groups is 4. The van der Waals surface area contributed by atoms with E-state index in [-0.39, 0.29) is 31.2 Å². The Morgan fingerprint density at radius 3 is 2.12 bits per heavy atom. The first kappa shape index (κ1) is 57.8. The Morgan fingerprint density at radius 2 is 1.64 bits per heavy atom. The van der Waals surface area contributed by atoms with E-state index in [2.05, 4.69) is 53.9 Å². The van der Waals surface area contributed by atoms with Gasteiger partial charge in [-0.3, -0.25) is 19.4 Å². The van der Waals surface area contributed by atoms with Gasteiger partial charge in [0, 0.05) is 24.7 Å². The third-order valence-corrected chi connectivity index (χ3v) is 8.13. The highest BCUT2D eigenvalue weighted by atomic mass is 16.5. The van der Waals surface area contributed by atoms with Gasteiger partial charge in [-0.05, 0) is 119 Å². The van der Waals surface area contributed by atoms with Crippen molar-refractivity contribution in [3.8, 4) is 17.2 Å². The average molecular weight is 814 g/mol. The third-order valence-electron chi connectivity index (χ3n) is 8.13. The van der Waals surface area contributed by atoms with Crippen LogP contribution in [-0.2, 0) is 25.7 Å². The van der Waals surface area contributed by atoms with E-state index < -0.39 is 11.3 Å². The molecule has 326 valence electrons. The van der Waals surface area contributed by atoms with E-state index in [9.17, 15) is 19.5 Å². The minimum Gasteiger partial charge on any atom is -0.504 e. The SMILES string of the molecule is C=O.CC.CC(C)CCO.CNCCC[C@](C)(C(=O)CNC=O)C(=O)NCc1ccc(OC)c(O)c1.Cc1ccnc2ccc(OCCO)cc12.[B]NCCC(C)C. The van der Waals surface area contributed by atoms with Crippen LogP contribution in [0, 0.1) is 24.2 Å². The largest absolute Gasteiger partial charge is 0.504 e. The number of aryl methyl sites for hydroxylation is 1. The molecule has 7 N–H and O–H groups in total. The van der Waals surface area contributed by atoms with E-state index in [0.717, 1.165) is 42.0 Å². The first-order valence-corrected chi connectivity index (χ1v) is 19.7. The fourth-order valence-corrected chi connectivity index (χ4v) is 4.70. The topological polar surface area (TPSA) is 208 Å². The number of benzene rings is 2. The Kier molecular flexibility index (Phi) is 36.6. The molecule has 3 aromatic rings. The van der Waals surface area contributed by atoms with E-state index in [1.807, 2.05) is 51.8 Å². The van der Waals surface area contributed by atoms with Crippen molar-refractivity contribution in [3.63, 3.8) is 0 Å². The number of rotatable bonds is 20. The number of ether oxygens (including phenoxy) is 2. The molecule has 0 fully saturated rings. The summed E-state index contributed by atoms with van der Waals surface area (Å²) in [5.74, 6) is 1.73. The van der Waals surface area contributed by atoms with Crippen LogP contribution in [0.15, 0.2) is 48.7 Å². The van der Waals surface area contributed by atoms with Gasteiger partial charge in [-0.2, -0.15) is 0 Å². The van der Waals surface area contributed by atoms with Gasteiger partial charge in [0.25, 0.3) is 0 Å². The Balaban J connectivity index is -0.000000789. The number of aliphatic hydroxyl groups excluding tert-OH is 2. The maximum absolute atomic E-state index is 12.7. The number of aliphatic hydroxyl groups is 2. The van der Waals surface area contributed by atoms with Crippen LogP contribution in [0.2, 0.25) is 0 Å². The zero-order valence-corrected chi connectivity index (χ0v) is 36.7. The zero-order chi connectivity index (χ0) is 44.9. The van der Waals surface area contributed by atoms with Gasteiger partial charge < -0.3 is 50.8 Å². The Labute approximate surface area is 348 Å². The van der Waals surface area contributed by atoms with Crippen LogP contribution in [0.1, 0.15) is 85.3 Å². The number of hydrogen-bond donors (Lipinski definition) is 7. The Hall–Kier alpha value is -4.57. The fourth-order valence-electron chi connectivity index (χ4n) is 4.70. The minimum atomic E-state index is -1.25. The summed E-state index contributed by atoms with van der Waals surface area (Å²) in [6, 6.07) is 12.5. The van der Waals surface area contributed by atoms with Crippen molar-refractivity contribution < 1.29 is 44.0 Å². The predicted molar refractivity (Wildman–Crippen MR) is 234 cm³/mol. The summed E-state index contributed by atoms with van der Waals surface area (Å²) in [4.78, 5) is 47.9. The number of pyridine rings is 1. The van der Waals surface area contributed by atoms with Crippen LogP contribution in [0.5, 0.6) is 17.2 Å². The number of aromatic hydroxyl groups is 1. The molecule has 0 spiro atoms. The van der Waals surface area contributed by atoms with E-state index in [1.165, 1.54) is 18.7 Å². The van der Waals surface area contributed by atoms with Crippen molar-refractivity contribution in [2.24, 2.45) is 17.3 Å². The van der Waals surface area contributed by atoms with Crippen molar-refractivity contribution in [2.75, 3.05) is 53.6 Å². The highest BCUT2D eigenvalue weighted by molar-refractivity contribution is 6.06. The predicted octanol–water partition coefficient (Wildman–Crippen LogP) is 4.82. The molecule has 2 aromatic carbocycles. The maximum Gasteiger partial charge on any atom is 0.233 e. The van der Waals surface area contributed by atoms with Gasteiger partial charge in [0.05, 0.1) is 25.8 Å². The molecular formula is C43H72BN5O9. The summed E-state index contributed by atoms with van der Waals surface area (Å²) in [7, 11) is 8.27. The second-order valence-corrected chi connectivity index (χ2v) is 13.6. The van der Waals surface area contributed by atoms with Crippen LogP contribution in [-0.4, -0.2) is 107 Å². The van der Waals surface area contributed by atoms with Gasteiger partial charge in [-0.25, -0.2) is 0 Å². The normalized spacial score (nSPS) is 10.9. The first-order valence-electron chi connectivity index (χ1n) is 19.7. The number of fused-ring (bicyclic) bond motifs is 1. The molecule has 0 unspecified atom stereocenters. The van der Waals surface area contributed by atoms with Crippen molar-refractivity contribution in [1.29, 1.82) is 0 Å². The molecule has 58 heavy (non-hydrogen) atoms. The lowest BCUT2D eigenvalue weighted by Crippen LogP contribution is -2.47. The number of phenolic OH excluding ortho intramolecular Hbond substituents is 1. The summed E-state index contributed by atoms with van der Waals surface area (Å²) < 4.78 is 10.3. The quantitative estimate of drug-likeness (QED) is 0.0355. The van der Waals surface area contributed by atoms with Crippen LogP contribution in [0.25, 0.3) is 10.9 Å². The highest BCUT2D eigenvalue weighted by Crippen LogP contribution is 2.28. The zero-order valence-electron chi connectivity index (χ0n) is 36.7. The molecule has 2 radical (unpaired) electrons. The second-order valence-electron chi connectivity index (χ2n) is 13.6. The second kappa shape index (κ2) is 36.8. The molecule has 0 aliphatic heterocycles. The van der Waals surface area contributed by atoms with E-state index in [4.69, 9.17) is 32.5 Å². The standard InChI is InChI=1S/C18H27N3O5.C12H13NO2.C5H12BN.C5H12O.C2H6.CH2O/c1-18(7-4-8-19-2,16(24)11-20-12-22)17(25)21-10-13-5-6-15(26-3)14(23)9-13;1-9-4-5-13-12-3-2-10(8-11(9)12)15-7-6-14;1-5(2)3-4-7-6;1-5(2)3-4-6;2*1-2/h5-6,9,12,19,23H,4,7-8,10-11H2,1-3H3,(H,20,22)(H,21,25);2-5,8,14H,6-7H2,1H3;5,7H,3-4H2,1-2H3;5-6H,3-4H2,1-2H3;1-2H3;1H2/t18-;;;;;/m1...../s1. The lowest BCUT2D eigenvalue weighted by molar-refractivity contribution is -0.141. The van der Waals surface area contributed by atoms with E-state index >= 15 is 0 Å². The van der Waals surface area contributed by atoms with Gasteiger partial charge >= 0.3 is 0 Å². The number of methoxy groups -OCH3 is 1. The number of nitrogens with zero attached hydrogens (tertiary/aromatic N) is 1. The van der Waals surface area contributed by atoms with Gasteiger partial charge in [0.15, 0.2) is 25.3 Å². The molecule has 0 saturated carbocycles. The molecule has 0 bridgehead atoms. The smallest absolute Gasteiger partial charge is 0.233 e. The number of carbonyl (C=O) groups excluding carboxylic acids is 4. The lowest BCUT2D eigenvalue weighted by Gasteiger charge is -2.27. The molecule has 1 aromatic heterocycles. The fraction of sp³-hybridized carbons (Fsp3) is 0.558. The average Bonchev–Trinajstić information content (AvgIpc) is 3.22. The monoisotopic (exact) mass is 814 g/mol. The van der Waals surface area contributed by atoms with Gasteiger partial charge in [0.1, 0.15) is 24.6 Å². The number of ketones is 1. The number of hydrogen-bond acceptors (Lipinski definition) is 12. The van der Waals surface area contributed by atoms with Crippen molar-refractivity contribution in [2.45, 2.75) is 87.6 Å². The lowest BCUT2D eigenvalue weighted by atomic mass is 9.79. The molecule has 3 rings (SSSR count). The summed E-state index contributed by atoms with van der Waals surface area (Å²) in [5, 5.41) is 38.4. The molecule has 0 aliphatic carbocycles. The summed E-state index contributed by atoms with van der Waals surface area (Å²) in [6.45, 7) is 20.4. The molecule has 1 heterocycles. The van der Waals surface area contributed by atoms with Gasteiger partial charge in [0.2, 0.25) is 12.3 Å². The van der Waals surface area contributed by atoms with Crippen LogP contribution in [0.3, 0.4) is 0 Å². The van der Waals surface area contributed by atoms with E-state index in [1.54, 1.807) is 32.3 Å². The highest BCUT2D eigenvalue weighted by Gasteiger charge is 2.39. The Bertz CT molecular complexity index is 1510. The molecule has 2 amide bonds. The van der Waals surface area contributed by atoms with Crippen LogP contribution in [0.4, 0.5) is 0 Å². The minimum absolute atomic E-state index is 0.0257. The van der Waals surface area contributed by atoms with Gasteiger partial charge in [-0.1, -0.05) is 47.6 Å². The Morgan fingerprint density at radius 1 is 0.983 bits per heavy atom. The third kappa shape index (κ3) is 25.6. The van der Waals surface area contributed by atoms with Crippen LogP contribution >= 0.6 is 0 Å². The van der Waals surface area contributed by atoms with Crippen molar-refractivity contribution in [3.05, 3.63) is 59.8 Å². The molecule has 0 aliphatic rings. The summed E-state index contributed by atoms with van der Waals surface area (Å²) in [5.41, 5.74) is 1.56. The number of Topliss-reactive ketones (excluding diaryl/α,β-unsaturated/α-hetero) is 1. The number of amides is 2. The van der Waals surface area contributed by atoms with Gasteiger partial charge in [-0.15, -0.1) is 0 Å². The first-order chi connectivity index (χ1) is 27.7.